The molecule has 1 aliphatic heterocycles. The number of amides is 2. The summed E-state index contributed by atoms with van der Waals surface area (Å²) in [6.07, 6.45) is 4.02. The number of carbonyl (C=O) groups is 2. The van der Waals surface area contributed by atoms with Crippen molar-refractivity contribution in [3.8, 4) is 0 Å². The van der Waals surface area contributed by atoms with Crippen LogP contribution in [0.25, 0.3) is 0 Å². The highest BCUT2D eigenvalue weighted by Crippen LogP contribution is 2.32. The van der Waals surface area contributed by atoms with Crippen molar-refractivity contribution in [2.75, 3.05) is 19.6 Å². The van der Waals surface area contributed by atoms with Gasteiger partial charge in [-0.05, 0) is 57.6 Å². The molecule has 1 aromatic carbocycles. The van der Waals surface area contributed by atoms with Crippen molar-refractivity contribution in [1.82, 2.24) is 10.2 Å². The second-order valence-electron chi connectivity index (χ2n) is 7.65. The molecule has 1 saturated heterocycles. The van der Waals surface area contributed by atoms with Crippen LogP contribution >= 0.6 is 12.4 Å². The molecule has 2 fully saturated rings. The van der Waals surface area contributed by atoms with Crippen molar-refractivity contribution in [3.05, 3.63) is 34.9 Å². The standard InChI is InChI=1S/C20H29N3O2.ClH/c1-13-8-14(2)10-17(9-13)20(25)23-7-3-4-16(12-23)19(24)22-18(11-21)15-5-6-15;/h8-10,15-16,18H,3-7,11-12,21H2,1-2H3,(H,22,24);1H. The molecule has 144 valence electrons. The van der Waals surface area contributed by atoms with Crippen LogP contribution in [0.3, 0.4) is 0 Å². The zero-order chi connectivity index (χ0) is 18.0. The summed E-state index contributed by atoms with van der Waals surface area (Å²) in [5.74, 6) is 0.504. The fourth-order valence-electron chi connectivity index (χ4n) is 3.82. The maximum Gasteiger partial charge on any atom is 0.253 e. The highest BCUT2D eigenvalue weighted by Gasteiger charge is 2.34. The molecule has 2 atom stereocenters. The van der Waals surface area contributed by atoms with Gasteiger partial charge >= 0.3 is 0 Å². The number of nitrogens with zero attached hydrogens (tertiary/aromatic N) is 1. The SMILES string of the molecule is Cc1cc(C)cc(C(=O)N2CCCC(C(=O)NC(CN)C3CC3)C2)c1.Cl. The van der Waals surface area contributed by atoms with E-state index in [0.29, 0.717) is 19.0 Å². The van der Waals surface area contributed by atoms with E-state index >= 15 is 0 Å². The van der Waals surface area contributed by atoms with E-state index in [1.165, 1.54) is 0 Å². The number of nitrogens with one attached hydrogen (secondary N) is 1. The Morgan fingerprint density at radius 1 is 1.19 bits per heavy atom. The first-order chi connectivity index (χ1) is 12.0. The summed E-state index contributed by atoms with van der Waals surface area (Å²) in [4.78, 5) is 27.3. The minimum Gasteiger partial charge on any atom is -0.352 e. The normalized spacial score (nSPS) is 20.9. The monoisotopic (exact) mass is 379 g/mol. The smallest absolute Gasteiger partial charge is 0.253 e. The molecule has 0 spiro atoms. The van der Waals surface area contributed by atoms with E-state index in [2.05, 4.69) is 11.4 Å². The molecule has 3 rings (SSSR count). The number of benzene rings is 1. The quantitative estimate of drug-likeness (QED) is 0.825. The highest BCUT2D eigenvalue weighted by molar-refractivity contribution is 5.95. The van der Waals surface area contributed by atoms with E-state index in [0.717, 1.165) is 48.9 Å². The molecule has 1 aliphatic carbocycles. The summed E-state index contributed by atoms with van der Waals surface area (Å²) in [6, 6.07) is 6.01. The minimum atomic E-state index is -0.128. The molecule has 1 aromatic rings. The lowest BCUT2D eigenvalue weighted by molar-refractivity contribution is -0.127. The number of piperidine rings is 1. The summed E-state index contributed by atoms with van der Waals surface area (Å²) >= 11 is 0. The van der Waals surface area contributed by atoms with Gasteiger partial charge in [0.2, 0.25) is 5.91 Å². The number of carbonyl (C=O) groups excluding carboxylic acids is 2. The lowest BCUT2D eigenvalue weighted by Gasteiger charge is -2.33. The van der Waals surface area contributed by atoms with Crippen LogP contribution in [0.2, 0.25) is 0 Å². The van der Waals surface area contributed by atoms with Gasteiger partial charge in [0.05, 0.1) is 5.92 Å². The number of likely N-dealkylation sites (tertiary alicyclic amines) is 1. The van der Waals surface area contributed by atoms with Gasteiger partial charge in [0, 0.05) is 31.2 Å². The Balaban J connectivity index is 0.00000243. The Hall–Kier alpha value is -1.59. The highest BCUT2D eigenvalue weighted by atomic mass is 35.5. The summed E-state index contributed by atoms with van der Waals surface area (Å²) in [5.41, 5.74) is 8.69. The second kappa shape index (κ2) is 8.87. The Labute approximate surface area is 162 Å². The van der Waals surface area contributed by atoms with Gasteiger partial charge in [-0.3, -0.25) is 9.59 Å². The molecule has 1 heterocycles. The Bertz CT molecular complexity index is 640. The van der Waals surface area contributed by atoms with Gasteiger partial charge in [-0.25, -0.2) is 0 Å². The first-order valence-electron chi connectivity index (χ1n) is 9.36. The van der Waals surface area contributed by atoms with Crippen LogP contribution in [0, 0.1) is 25.7 Å². The van der Waals surface area contributed by atoms with Crippen molar-refractivity contribution in [3.63, 3.8) is 0 Å². The summed E-state index contributed by atoms with van der Waals surface area (Å²) < 4.78 is 0. The van der Waals surface area contributed by atoms with Gasteiger partial charge < -0.3 is 16.0 Å². The lowest BCUT2D eigenvalue weighted by Crippen LogP contribution is -2.49. The molecule has 2 amide bonds. The van der Waals surface area contributed by atoms with Crippen molar-refractivity contribution in [2.45, 2.75) is 45.6 Å². The maximum absolute atomic E-state index is 12.8. The molecule has 5 nitrogen and oxygen atoms in total. The van der Waals surface area contributed by atoms with E-state index in [9.17, 15) is 9.59 Å². The van der Waals surface area contributed by atoms with Crippen molar-refractivity contribution >= 4 is 24.2 Å². The van der Waals surface area contributed by atoms with Gasteiger partial charge in [0.25, 0.3) is 5.91 Å². The van der Waals surface area contributed by atoms with Crippen molar-refractivity contribution in [1.29, 1.82) is 0 Å². The fraction of sp³-hybridized carbons (Fsp3) is 0.600. The van der Waals surface area contributed by atoms with Gasteiger partial charge in [-0.2, -0.15) is 0 Å². The first kappa shape index (κ1) is 20.7. The summed E-state index contributed by atoms with van der Waals surface area (Å²) in [6.45, 7) is 5.72. The van der Waals surface area contributed by atoms with E-state index < -0.39 is 0 Å². The second-order valence-corrected chi connectivity index (χ2v) is 7.65. The number of hydrogen-bond donors (Lipinski definition) is 2. The topological polar surface area (TPSA) is 75.4 Å². The van der Waals surface area contributed by atoms with Crippen LogP contribution in [-0.2, 0) is 4.79 Å². The van der Waals surface area contributed by atoms with Crippen LogP contribution in [0.4, 0.5) is 0 Å². The fourth-order valence-corrected chi connectivity index (χ4v) is 3.82. The van der Waals surface area contributed by atoms with Crippen LogP contribution in [0.1, 0.15) is 47.2 Å². The number of hydrogen-bond acceptors (Lipinski definition) is 3. The predicted molar refractivity (Wildman–Crippen MR) is 106 cm³/mol. The van der Waals surface area contributed by atoms with Gasteiger partial charge in [-0.1, -0.05) is 17.2 Å². The largest absolute Gasteiger partial charge is 0.352 e. The molecule has 1 saturated carbocycles. The zero-order valence-corrected chi connectivity index (χ0v) is 16.5. The van der Waals surface area contributed by atoms with Gasteiger partial charge in [0.15, 0.2) is 0 Å². The van der Waals surface area contributed by atoms with Crippen LogP contribution in [0.15, 0.2) is 18.2 Å². The van der Waals surface area contributed by atoms with Gasteiger partial charge in [0.1, 0.15) is 0 Å². The zero-order valence-electron chi connectivity index (χ0n) is 15.7. The van der Waals surface area contributed by atoms with E-state index in [1.54, 1.807) is 0 Å². The number of nitrogens with two attached hydrogens (primary N) is 1. The summed E-state index contributed by atoms with van der Waals surface area (Å²) in [5, 5.41) is 3.11. The van der Waals surface area contributed by atoms with Gasteiger partial charge in [-0.15, -0.1) is 12.4 Å². The third-order valence-electron chi connectivity index (χ3n) is 5.32. The molecule has 2 aliphatic rings. The first-order valence-corrected chi connectivity index (χ1v) is 9.36. The maximum atomic E-state index is 12.8. The number of rotatable bonds is 5. The third-order valence-corrected chi connectivity index (χ3v) is 5.32. The molecular formula is C20H30ClN3O2. The average molecular weight is 380 g/mol. The Kier molecular flexibility index (Phi) is 7.07. The van der Waals surface area contributed by atoms with E-state index in [4.69, 9.17) is 5.73 Å². The van der Waals surface area contributed by atoms with E-state index in [-0.39, 0.29) is 36.2 Å². The Morgan fingerprint density at radius 3 is 2.42 bits per heavy atom. The molecule has 0 radical (unpaired) electrons. The van der Waals surface area contributed by atoms with Crippen LogP contribution in [0.5, 0.6) is 0 Å². The molecule has 6 heteroatoms. The number of halogens is 1. The van der Waals surface area contributed by atoms with E-state index in [1.807, 2.05) is 30.9 Å². The minimum absolute atomic E-state index is 0. The number of aryl methyl sites for hydroxylation is 2. The predicted octanol–water partition coefficient (Wildman–Crippen LogP) is 2.43. The molecular weight excluding hydrogens is 350 g/mol. The molecule has 0 bridgehead atoms. The Morgan fingerprint density at radius 2 is 1.85 bits per heavy atom. The third kappa shape index (κ3) is 4.98. The summed E-state index contributed by atoms with van der Waals surface area (Å²) in [7, 11) is 0. The van der Waals surface area contributed by atoms with Crippen molar-refractivity contribution in [2.24, 2.45) is 17.6 Å². The molecule has 3 N–H and O–H groups in total. The molecule has 0 aromatic heterocycles. The van der Waals surface area contributed by atoms with Crippen LogP contribution in [-0.4, -0.2) is 42.4 Å². The average Bonchev–Trinajstić information content (AvgIpc) is 3.43. The molecule has 2 unspecified atom stereocenters. The molecule has 26 heavy (non-hydrogen) atoms. The lowest BCUT2D eigenvalue weighted by atomic mass is 9.95. The van der Waals surface area contributed by atoms with Crippen molar-refractivity contribution < 1.29 is 9.59 Å². The van der Waals surface area contributed by atoms with Crippen LogP contribution < -0.4 is 11.1 Å².